The van der Waals surface area contributed by atoms with Crippen LogP contribution in [0.3, 0.4) is 0 Å². The zero-order valence-electron chi connectivity index (χ0n) is 8.54. The predicted octanol–water partition coefficient (Wildman–Crippen LogP) is 1.18. The third-order valence-corrected chi connectivity index (χ3v) is 1.43. The Balaban J connectivity index is 0. The van der Waals surface area contributed by atoms with Gasteiger partial charge in [-0.1, -0.05) is 20.8 Å². The van der Waals surface area contributed by atoms with Gasteiger partial charge in [-0.2, -0.15) is 0 Å². The number of carboxylic acid groups (broad SMARTS) is 1. The van der Waals surface area contributed by atoms with Gasteiger partial charge >= 0.3 is 5.97 Å². The summed E-state index contributed by atoms with van der Waals surface area (Å²) in [5, 5.41) is 8.25. The van der Waals surface area contributed by atoms with E-state index in [-0.39, 0.29) is 18.6 Å². The van der Waals surface area contributed by atoms with Crippen molar-refractivity contribution in [2.24, 2.45) is 5.73 Å². The van der Waals surface area contributed by atoms with Crippen molar-refractivity contribution in [1.29, 1.82) is 0 Å². The molecule has 0 bridgehead atoms. The lowest BCUT2D eigenvalue weighted by Crippen LogP contribution is -2.30. The predicted molar refractivity (Wildman–Crippen MR) is 51.5 cm³/mol. The molecular formula is C9H19NO3. The van der Waals surface area contributed by atoms with Crippen LogP contribution in [-0.2, 0) is 9.59 Å². The van der Waals surface area contributed by atoms with Gasteiger partial charge in [0.15, 0.2) is 0 Å². The van der Waals surface area contributed by atoms with Crippen molar-refractivity contribution in [1.82, 2.24) is 0 Å². The highest BCUT2D eigenvalue weighted by molar-refractivity contribution is 5.83. The van der Waals surface area contributed by atoms with Crippen LogP contribution in [0.2, 0.25) is 0 Å². The molecule has 0 aromatic rings. The van der Waals surface area contributed by atoms with Crippen molar-refractivity contribution in [3.05, 3.63) is 0 Å². The molecule has 0 aliphatic rings. The van der Waals surface area contributed by atoms with E-state index in [9.17, 15) is 9.59 Å². The number of aliphatic carboxylic acids is 1. The second-order valence-electron chi connectivity index (χ2n) is 2.36. The van der Waals surface area contributed by atoms with Crippen LogP contribution in [0.5, 0.6) is 0 Å². The molecule has 0 aliphatic heterocycles. The Morgan fingerprint density at radius 2 is 1.85 bits per heavy atom. The van der Waals surface area contributed by atoms with E-state index in [2.05, 4.69) is 0 Å². The van der Waals surface area contributed by atoms with Gasteiger partial charge in [0, 0.05) is 12.8 Å². The smallest absolute Gasteiger partial charge is 0.303 e. The average molecular weight is 189 g/mol. The molecule has 3 N–H and O–H groups in total. The molecule has 13 heavy (non-hydrogen) atoms. The van der Waals surface area contributed by atoms with Gasteiger partial charge in [0.05, 0.1) is 6.04 Å². The van der Waals surface area contributed by atoms with Crippen LogP contribution in [0.1, 0.15) is 40.0 Å². The highest BCUT2D eigenvalue weighted by atomic mass is 16.4. The minimum absolute atomic E-state index is 0.0348. The molecule has 4 heteroatoms. The standard InChI is InChI=1S/C7H13NO3.C2H6/c1-2-6(9)5(8)3-4-7(10)11;1-2/h5H,2-4,8H2,1H3,(H,10,11);1-2H3. The molecule has 0 aromatic heterocycles. The summed E-state index contributed by atoms with van der Waals surface area (Å²) < 4.78 is 0. The van der Waals surface area contributed by atoms with E-state index in [1.165, 1.54) is 0 Å². The lowest BCUT2D eigenvalue weighted by molar-refractivity contribution is -0.137. The third-order valence-electron chi connectivity index (χ3n) is 1.43. The van der Waals surface area contributed by atoms with Crippen molar-refractivity contribution in [3.63, 3.8) is 0 Å². The lowest BCUT2D eigenvalue weighted by Gasteiger charge is -2.05. The average Bonchev–Trinajstić information content (AvgIpc) is 2.16. The molecule has 0 saturated carbocycles. The maximum atomic E-state index is 10.8. The summed E-state index contributed by atoms with van der Waals surface area (Å²) >= 11 is 0. The molecule has 0 spiro atoms. The Bertz CT molecular complexity index is 157. The largest absolute Gasteiger partial charge is 0.481 e. The molecular weight excluding hydrogens is 170 g/mol. The highest BCUT2D eigenvalue weighted by Gasteiger charge is 2.11. The number of carboxylic acids is 1. The maximum absolute atomic E-state index is 10.8. The van der Waals surface area contributed by atoms with Crippen molar-refractivity contribution >= 4 is 11.8 Å². The first-order valence-electron chi connectivity index (χ1n) is 4.58. The zero-order chi connectivity index (χ0) is 10.9. The van der Waals surface area contributed by atoms with E-state index in [0.29, 0.717) is 6.42 Å². The van der Waals surface area contributed by atoms with Gasteiger partial charge in [0.2, 0.25) is 0 Å². The van der Waals surface area contributed by atoms with Crippen LogP contribution in [0.25, 0.3) is 0 Å². The Morgan fingerprint density at radius 1 is 1.38 bits per heavy atom. The number of hydrogen-bond acceptors (Lipinski definition) is 3. The molecule has 0 aromatic carbocycles. The summed E-state index contributed by atoms with van der Waals surface area (Å²) in [4.78, 5) is 20.9. The van der Waals surface area contributed by atoms with Crippen LogP contribution >= 0.6 is 0 Å². The second kappa shape index (κ2) is 9.19. The van der Waals surface area contributed by atoms with Gasteiger partial charge in [-0.25, -0.2) is 0 Å². The fraction of sp³-hybridized carbons (Fsp3) is 0.778. The summed E-state index contributed by atoms with van der Waals surface area (Å²) in [5.74, 6) is -0.990. The molecule has 4 nitrogen and oxygen atoms in total. The molecule has 0 aliphatic carbocycles. The number of rotatable bonds is 5. The summed E-state index contributed by atoms with van der Waals surface area (Å²) in [6.45, 7) is 5.71. The van der Waals surface area contributed by atoms with Crippen molar-refractivity contribution in [3.8, 4) is 0 Å². The zero-order valence-corrected chi connectivity index (χ0v) is 8.54. The van der Waals surface area contributed by atoms with Gasteiger partial charge in [0.25, 0.3) is 0 Å². The van der Waals surface area contributed by atoms with Gasteiger partial charge in [0.1, 0.15) is 5.78 Å². The van der Waals surface area contributed by atoms with Gasteiger partial charge in [-0.05, 0) is 6.42 Å². The normalized spacial score (nSPS) is 11.1. The van der Waals surface area contributed by atoms with Crippen LogP contribution in [0.4, 0.5) is 0 Å². The second-order valence-corrected chi connectivity index (χ2v) is 2.36. The van der Waals surface area contributed by atoms with E-state index in [0.717, 1.165) is 0 Å². The van der Waals surface area contributed by atoms with Crippen LogP contribution in [-0.4, -0.2) is 22.9 Å². The summed E-state index contributed by atoms with van der Waals surface area (Å²) in [7, 11) is 0. The maximum Gasteiger partial charge on any atom is 0.303 e. The SMILES string of the molecule is CC.CCC(=O)C(N)CCC(=O)O. The Hall–Kier alpha value is -0.900. The van der Waals surface area contributed by atoms with Crippen LogP contribution in [0, 0.1) is 0 Å². The molecule has 0 fully saturated rings. The number of nitrogens with two attached hydrogens (primary N) is 1. The molecule has 0 heterocycles. The van der Waals surface area contributed by atoms with Gasteiger partial charge in [-0.15, -0.1) is 0 Å². The number of carbonyl (C=O) groups excluding carboxylic acids is 1. The van der Waals surface area contributed by atoms with Crippen molar-refractivity contribution in [2.75, 3.05) is 0 Å². The number of hydrogen-bond donors (Lipinski definition) is 2. The van der Waals surface area contributed by atoms with E-state index in [4.69, 9.17) is 10.8 Å². The van der Waals surface area contributed by atoms with Crippen molar-refractivity contribution < 1.29 is 14.7 Å². The third kappa shape index (κ3) is 9.01. The van der Waals surface area contributed by atoms with Gasteiger partial charge < -0.3 is 10.8 Å². The Kier molecular flexibility index (Phi) is 10.3. The summed E-state index contributed by atoms with van der Waals surface area (Å²) in [6, 6.07) is -0.601. The molecule has 1 atom stereocenters. The number of carbonyl (C=O) groups is 2. The van der Waals surface area contributed by atoms with Crippen LogP contribution < -0.4 is 5.73 Å². The minimum Gasteiger partial charge on any atom is -0.481 e. The molecule has 78 valence electrons. The molecule has 0 rings (SSSR count). The topological polar surface area (TPSA) is 80.4 Å². The number of ketones is 1. The first kappa shape index (κ1) is 14.6. The first-order chi connectivity index (χ1) is 6.07. The van der Waals surface area contributed by atoms with E-state index in [1.54, 1.807) is 6.92 Å². The Labute approximate surface area is 79.1 Å². The number of Topliss-reactive ketones (excluding diaryl/α,β-unsaturated/α-hetero) is 1. The monoisotopic (exact) mass is 189 g/mol. The van der Waals surface area contributed by atoms with E-state index >= 15 is 0 Å². The fourth-order valence-corrected chi connectivity index (χ4v) is 0.702. The fourth-order valence-electron chi connectivity index (χ4n) is 0.702. The van der Waals surface area contributed by atoms with Crippen molar-refractivity contribution in [2.45, 2.75) is 46.1 Å². The van der Waals surface area contributed by atoms with E-state index in [1.807, 2.05) is 13.8 Å². The highest BCUT2D eigenvalue weighted by Crippen LogP contribution is 1.97. The molecule has 0 amide bonds. The molecule has 0 saturated heterocycles. The van der Waals surface area contributed by atoms with Gasteiger partial charge in [-0.3, -0.25) is 9.59 Å². The molecule has 1 unspecified atom stereocenters. The Morgan fingerprint density at radius 3 is 2.15 bits per heavy atom. The molecule has 0 radical (unpaired) electrons. The quantitative estimate of drug-likeness (QED) is 0.680. The first-order valence-corrected chi connectivity index (χ1v) is 4.58. The summed E-state index contributed by atoms with van der Waals surface area (Å²) in [5.41, 5.74) is 5.36. The minimum atomic E-state index is -0.913. The lowest BCUT2D eigenvalue weighted by atomic mass is 10.1. The van der Waals surface area contributed by atoms with E-state index < -0.39 is 12.0 Å². The van der Waals surface area contributed by atoms with Crippen LogP contribution in [0.15, 0.2) is 0 Å². The summed E-state index contributed by atoms with van der Waals surface area (Å²) in [6.07, 6.45) is 0.579.